The fraction of sp³-hybridized carbons (Fsp3) is 0.357. The molecule has 4 rings (SSSR count). The molecule has 1 fully saturated rings. The third-order valence-corrected chi connectivity index (χ3v) is 7.10. The Morgan fingerprint density at radius 2 is 1.76 bits per heavy atom. The van der Waals surface area contributed by atoms with Gasteiger partial charge >= 0.3 is 5.97 Å². The number of carboxylic acids is 1. The molecule has 1 amide bonds. The van der Waals surface area contributed by atoms with Crippen LogP contribution in [0.5, 0.6) is 0 Å². The van der Waals surface area contributed by atoms with Crippen molar-refractivity contribution in [2.45, 2.75) is 57.7 Å². The molecule has 5 N–H and O–H groups in total. The van der Waals surface area contributed by atoms with Crippen molar-refractivity contribution >= 4 is 46.9 Å². The van der Waals surface area contributed by atoms with Crippen LogP contribution >= 0.6 is 12.4 Å². The van der Waals surface area contributed by atoms with E-state index in [9.17, 15) is 19.5 Å². The van der Waals surface area contributed by atoms with Gasteiger partial charge in [0.2, 0.25) is 5.91 Å². The van der Waals surface area contributed by atoms with Crippen molar-refractivity contribution in [1.29, 1.82) is 5.41 Å². The molecule has 9 nitrogen and oxygen atoms in total. The molecule has 202 valence electrons. The van der Waals surface area contributed by atoms with E-state index in [0.29, 0.717) is 11.1 Å². The number of hydrogen-bond acceptors (Lipinski definition) is 5. The van der Waals surface area contributed by atoms with Crippen LogP contribution in [0.25, 0.3) is 10.9 Å². The van der Waals surface area contributed by atoms with Gasteiger partial charge in [0.15, 0.2) is 0 Å². The Labute approximate surface area is 227 Å². The molecule has 10 heteroatoms. The Kier molecular flexibility index (Phi) is 9.66. The van der Waals surface area contributed by atoms with Crippen molar-refractivity contribution in [3.63, 3.8) is 0 Å². The van der Waals surface area contributed by atoms with E-state index in [2.05, 4.69) is 5.32 Å². The summed E-state index contributed by atoms with van der Waals surface area (Å²) >= 11 is 0. The van der Waals surface area contributed by atoms with Crippen LogP contribution in [0.1, 0.15) is 65.4 Å². The van der Waals surface area contributed by atoms with Crippen molar-refractivity contribution in [3.05, 3.63) is 71.4 Å². The van der Waals surface area contributed by atoms with E-state index < -0.39 is 17.9 Å². The minimum Gasteiger partial charge on any atom is -0.480 e. The van der Waals surface area contributed by atoms with E-state index in [0.717, 1.165) is 43.1 Å². The van der Waals surface area contributed by atoms with Crippen LogP contribution in [0.4, 0.5) is 0 Å². The second-order valence-corrected chi connectivity index (χ2v) is 9.59. The lowest BCUT2D eigenvalue weighted by molar-refractivity contribution is -0.139. The monoisotopic (exact) mass is 539 g/mol. The molecule has 1 atom stereocenters. The number of nitrogens with one attached hydrogen (secondary N) is 2. The van der Waals surface area contributed by atoms with E-state index in [1.54, 1.807) is 48.2 Å². The molecule has 0 aliphatic heterocycles. The number of amidine groups is 1. The summed E-state index contributed by atoms with van der Waals surface area (Å²) in [5.41, 5.74) is 7.74. The van der Waals surface area contributed by atoms with Crippen LogP contribution in [-0.2, 0) is 11.3 Å². The molecule has 1 aliphatic rings. The highest BCUT2D eigenvalue weighted by molar-refractivity contribution is 6.06. The first-order valence-electron chi connectivity index (χ1n) is 12.6. The second-order valence-electron chi connectivity index (χ2n) is 9.59. The Balaban J connectivity index is 0.00000400. The predicted molar refractivity (Wildman–Crippen MR) is 149 cm³/mol. The number of fused-ring (bicyclic) bond motifs is 1. The molecule has 1 heterocycles. The highest BCUT2D eigenvalue weighted by Gasteiger charge is 2.33. The quantitative estimate of drug-likeness (QED) is 0.239. The number of carbonyl (C=O) groups is 3. The molecular formula is C28H34ClN5O4. The molecule has 2 aromatic carbocycles. The fourth-order valence-electron chi connectivity index (χ4n) is 5.11. The van der Waals surface area contributed by atoms with Gasteiger partial charge in [0.1, 0.15) is 11.5 Å². The van der Waals surface area contributed by atoms with Crippen LogP contribution in [0.3, 0.4) is 0 Å². The zero-order valence-corrected chi connectivity index (χ0v) is 22.2. The average Bonchev–Trinajstić information content (AvgIpc) is 3.30. The van der Waals surface area contributed by atoms with E-state index in [4.69, 9.17) is 11.1 Å². The molecule has 0 saturated heterocycles. The molecule has 3 aromatic rings. The fourth-order valence-corrected chi connectivity index (χ4v) is 5.11. The summed E-state index contributed by atoms with van der Waals surface area (Å²) < 4.78 is 1.42. The first-order valence-corrected chi connectivity index (χ1v) is 12.6. The highest BCUT2D eigenvalue weighted by atomic mass is 35.5. The second kappa shape index (κ2) is 12.7. The standard InChI is InChI=1S/C28H33N5O4.ClH/c1-18(32(17-25(34)35)22-8-3-2-4-9-22)28(37)33-23-10-6-5-7-21(23)15-24(33)27(36)31-16-19-11-13-20(14-12-19)26(29)30;/h5-7,10-15,18,22H,2-4,8-9,16-17H2,1H3,(H3,29,30)(H,31,36)(H,34,35);1H/t18-;/m0./s1. The van der Waals surface area contributed by atoms with Gasteiger partial charge in [-0.25, -0.2) is 0 Å². The number of hydrogen-bond donors (Lipinski definition) is 4. The number of rotatable bonds is 9. The van der Waals surface area contributed by atoms with E-state index >= 15 is 0 Å². The van der Waals surface area contributed by atoms with E-state index in [1.807, 2.05) is 18.2 Å². The van der Waals surface area contributed by atoms with Crippen molar-refractivity contribution < 1.29 is 19.5 Å². The first-order chi connectivity index (χ1) is 17.8. The van der Waals surface area contributed by atoms with Gasteiger partial charge in [-0.15, -0.1) is 12.4 Å². The zero-order valence-electron chi connectivity index (χ0n) is 21.4. The van der Waals surface area contributed by atoms with Crippen molar-refractivity contribution in [1.82, 2.24) is 14.8 Å². The minimum atomic E-state index is -0.976. The van der Waals surface area contributed by atoms with Crippen LogP contribution in [0.2, 0.25) is 0 Å². The van der Waals surface area contributed by atoms with E-state index in [1.165, 1.54) is 4.57 Å². The number of nitrogen functional groups attached to an aromatic ring is 1. The summed E-state index contributed by atoms with van der Waals surface area (Å²) in [5.74, 6) is -1.74. The lowest BCUT2D eigenvalue weighted by atomic mass is 9.93. The van der Waals surface area contributed by atoms with E-state index in [-0.39, 0.29) is 49.0 Å². The summed E-state index contributed by atoms with van der Waals surface area (Å²) in [7, 11) is 0. The largest absolute Gasteiger partial charge is 0.480 e. The summed E-state index contributed by atoms with van der Waals surface area (Å²) in [5, 5.41) is 20.7. The van der Waals surface area contributed by atoms with Crippen LogP contribution in [0, 0.1) is 5.41 Å². The summed E-state index contributed by atoms with van der Waals surface area (Å²) in [6, 6.07) is 15.3. The van der Waals surface area contributed by atoms with Gasteiger partial charge < -0.3 is 16.2 Å². The molecule has 1 aliphatic carbocycles. The number of aromatic nitrogens is 1. The number of aliphatic carboxylic acids is 1. The van der Waals surface area contributed by atoms with Gasteiger partial charge in [-0.3, -0.25) is 29.3 Å². The number of carbonyl (C=O) groups excluding carboxylic acids is 2. The van der Waals surface area contributed by atoms with Gasteiger partial charge in [0.25, 0.3) is 5.91 Å². The topological polar surface area (TPSA) is 142 Å². The maximum absolute atomic E-state index is 13.9. The lowest BCUT2D eigenvalue weighted by Gasteiger charge is -2.37. The number of carboxylic acid groups (broad SMARTS) is 1. The molecular weight excluding hydrogens is 506 g/mol. The molecule has 38 heavy (non-hydrogen) atoms. The Morgan fingerprint density at radius 1 is 1.11 bits per heavy atom. The summed E-state index contributed by atoms with van der Waals surface area (Å²) in [6.45, 7) is 1.73. The Bertz CT molecular complexity index is 1310. The number of para-hydroxylation sites is 1. The number of halogens is 1. The maximum atomic E-state index is 13.9. The third kappa shape index (κ3) is 6.41. The zero-order chi connectivity index (χ0) is 26.5. The van der Waals surface area contributed by atoms with Gasteiger partial charge in [0, 0.05) is 23.5 Å². The summed E-state index contributed by atoms with van der Waals surface area (Å²) in [6.07, 6.45) is 4.84. The molecule has 0 spiro atoms. The number of nitrogens with zero attached hydrogens (tertiary/aromatic N) is 2. The SMILES string of the molecule is C[C@@H](C(=O)n1c(C(=O)NCc2ccc(C(=N)N)cc2)cc2ccccc21)N(CC(=O)O)C1CCCCC1.Cl. The number of nitrogens with two attached hydrogens (primary N) is 1. The smallest absolute Gasteiger partial charge is 0.317 e. The molecule has 0 bridgehead atoms. The van der Waals surface area contributed by atoms with Crippen molar-refractivity contribution in [2.24, 2.45) is 5.73 Å². The first kappa shape index (κ1) is 28.9. The van der Waals surface area contributed by atoms with Gasteiger partial charge in [-0.05, 0) is 37.5 Å². The van der Waals surface area contributed by atoms with Crippen LogP contribution in [0.15, 0.2) is 54.6 Å². The van der Waals surface area contributed by atoms with Gasteiger partial charge in [0.05, 0.1) is 18.1 Å². The Morgan fingerprint density at radius 3 is 2.39 bits per heavy atom. The van der Waals surface area contributed by atoms with Crippen LogP contribution in [-0.4, -0.2) is 56.8 Å². The Hall–Kier alpha value is -3.69. The molecule has 0 unspecified atom stereocenters. The maximum Gasteiger partial charge on any atom is 0.317 e. The van der Waals surface area contributed by atoms with Crippen molar-refractivity contribution in [3.8, 4) is 0 Å². The van der Waals surface area contributed by atoms with Crippen LogP contribution < -0.4 is 11.1 Å². The lowest BCUT2D eigenvalue weighted by Crippen LogP contribution is -2.50. The van der Waals surface area contributed by atoms with Gasteiger partial charge in [-0.2, -0.15) is 0 Å². The van der Waals surface area contributed by atoms with Gasteiger partial charge in [-0.1, -0.05) is 61.7 Å². The third-order valence-electron chi connectivity index (χ3n) is 7.10. The highest BCUT2D eigenvalue weighted by Crippen LogP contribution is 2.26. The number of amides is 1. The predicted octanol–water partition coefficient (Wildman–Crippen LogP) is 4.03. The minimum absolute atomic E-state index is 0. The molecule has 1 aromatic heterocycles. The molecule has 1 saturated carbocycles. The average molecular weight is 540 g/mol. The molecule has 0 radical (unpaired) electrons. The number of benzene rings is 2. The van der Waals surface area contributed by atoms with Crippen molar-refractivity contribution in [2.75, 3.05) is 6.54 Å². The normalized spacial score (nSPS) is 14.6. The summed E-state index contributed by atoms with van der Waals surface area (Å²) in [4.78, 5) is 40.7.